The fourth-order valence-corrected chi connectivity index (χ4v) is 5.78. The van der Waals surface area contributed by atoms with Crippen LogP contribution in [0, 0.1) is 5.82 Å². The molecular weight excluding hydrogens is 517 g/mol. The molecule has 0 saturated carbocycles. The number of anilines is 1. The maximum Gasteiger partial charge on any atom is 0.318 e. The number of amides is 3. The van der Waals surface area contributed by atoms with Crippen LogP contribution >= 0.6 is 0 Å². The number of carbonyl (C=O) groups is 2. The Morgan fingerprint density at radius 2 is 1.76 bits per heavy atom. The standard InChI is InChI=1S/C33H38FN5O2/c1-22(29-20-35-30-10-5-4-9-28(29)30)31(32(40)36-27-8-6-7-23(19-27)21-38(2)3)37-33(41)39-17-15-25(16-18-39)24-11-13-26(34)14-12-24/h4-14,19-20,22,25,31,35H,15-18,21H2,1-3H3,(H,36,40)(H,37,41). The number of aromatic amines is 1. The van der Waals surface area contributed by atoms with Gasteiger partial charge in [-0.25, -0.2) is 9.18 Å². The molecule has 214 valence electrons. The van der Waals surface area contributed by atoms with Gasteiger partial charge in [0.15, 0.2) is 0 Å². The molecule has 0 aliphatic carbocycles. The van der Waals surface area contributed by atoms with Crippen LogP contribution in [0.4, 0.5) is 14.9 Å². The Balaban J connectivity index is 1.33. The van der Waals surface area contributed by atoms with E-state index in [0.29, 0.717) is 18.8 Å². The molecular formula is C33H38FN5O2. The molecule has 0 spiro atoms. The number of H-pyrrole nitrogens is 1. The van der Waals surface area contributed by atoms with Crippen molar-refractivity contribution >= 4 is 28.5 Å². The third-order valence-corrected chi connectivity index (χ3v) is 7.99. The van der Waals surface area contributed by atoms with Gasteiger partial charge in [0.2, 0.25) is 5.91 Å². The van der Waals surface area contributed by atoms with Crippen molar-refractivity contribution in [2.24, 2.45) is 0 Å². The Bertz CT molecular complexity index is 1490. The van der Waals surface area contributed by atoms with E-state index in [4.69, 9.17) is 0 Å². The van der Waals surface area contributed by atoms with Gasteiger partial charge in [-0.15, -0.1) is 0 Å². The van der Waals surface area contributed by atoms with Crippen LogP contribution in [0.2, 0.25) is 0 Å². The van der Waals surface area contributed by atoms with Gasteiger partial charge < -0.3 is 25.4 Å². The number of hydrogen-bond donors (Lipinski definition) is 3. The molecule has 8 heteroatoms. The predicted molar refractivity (Wildman–Crippen MR) is 161 cm³/mol. The number of rotatable bonds is 8. The van der Waals surface area contributed by atoms with Crippen molar-refractivity contribution in [2.45, 2.75) is 44.2 Å². The largest absolute Gasteiger partial charge is 0.361 e. The lowest BCUT2D eigenvalue weighted by atomic mass is 9.89. The van der Waals surface area contributed by atoms with E-state index in [0.717, 1.165) is 47.0 Å². The lowest BCUT2D eigenvalue weighted by molar-refractivity contribution is -0.118. The normalized spacial score (nSPS) is 15.6. The fraction of sp³-hybridized carbons (Fsp3) is 0.333. The Hall–Kier alpha value is -4.17. The summed E-state index contributed by atoms with van der Waals surface area (Å²) in [5.41, 5.74) is 4.83. The van der Waals surface area contributed by atoms with Crippen molar-refractivity contribution < 1.29 is 14.0 Å². The van der Waals surface area contributed by atoms with Crippen LogP contribution in [0.25, 0.3) is 10.9 Å². The van der Waals surface area contributed by atoms with Gasteiger partial charge in [0.25, 0.3) is 0 Å². The summed E-state index contributed by atoms with van der Waals surface area (Å²) in [5.74, 6) is -0.530. The summed E-state index contributed by atoms with van der Waals surface area (Å²) in [7, 11) is 4.00. The first kappa shape index (κ1) is 28.4. The van der Waals surface area contributed by atoms with Crippen molar-refractivity contribution in [1.29, 1.82) is 0 Å². The number of hydrogen-bond acceptors (Lipinski definition) is 3. The molecule has 5 rings (SSSR count). The number of carbonyl (C=O) groups excluding carboxylic acids is 2. The second-order valence-electron chi connectivity index (χ2n) is 11.2. The zero-order valence-electron chi connectivity index (χ0n) is 23.9. The van der Waals surface area contributed by atoms with Crippen LogP contribution in [-0.4, -0.2) is 59.9 Å². The molecule has 41 heavy (non-hydrogen) atoms. The maximum absolute atomic E-state index is 13.8. The molecule has 1 aliphatic heterocycles. The highest BCUT2D eigenvalue weighted by Gasteiger charge is 2.32. The van der Waals surface area contributed by atoms with Crippen molar-refractivity contribution in [3.8, 4) is 0 Å². The smallest absolute Gasteiger partial charge is 0.318 e. The van der Waals surface area contributed by atoms with Gasteiger partial charge in [-0.2, -0.15) is 0 Å². The van der Waals surface area contributed by atoms with Gasteiger partial charge in [-0.3, -0.25) is 4.79 Å². The second kappa shape index (κ2) is 12.6. The molecule has 7 nitrogen and oxygen atoms in total. The van der Waals surface area contributed by atoms with Gasteiger partial charge >= 0.3 is 6.03 Å². The van der Waals surface area contributed by atoms with E-state index in [2.05, 4.69) is 20.5 Å². The topological polar surface area (TPSA) is 80.5 Å². The molecule has 1 saturated heterocycles. The Labute approximate surface area is 240 Å². The van der Waals surface area contributed by atoms with Crippen LogP contribution in [-0.2, 0) is 11.3 Å². The van der Waals surface area contributed by atoms with Crippen molar-refractivity contribution in [1.82, 2.24) is 20.1 Å². The summed E-state index contributed by atoms with van der Waals surface area (Å²) >= 11 is 0. The highest BCUT2D eigenvalue weighted by Crippen LogP contribution is 2.30. The summed E-state index contributed by atoms with van der Waals surface area (Å²) < 4.78 is 13.4. The third-order valence-electron chi connectivity index (χ3n) is 7.99. The van der Waals surface area contributed by atoms with Gasteiger partial charge in [-0.1, -0.05) is 49.4 Å². The monoisotopic (exact) mass is 555 g/mol. The lowest BCUT2D eigenvalue weighted by Gasteiger charge is -2.34. The zero-order valence-corrected chi connectivity index (χ0v) is 23.9. The number of halogens is 1. The molecule has 2 heterocycles. The Morgan fingerprint density at radius 1 is 1.02 bits per heavy atom. The van der Waals surface area contributed by atoms with Crippen LogP contribution < -0.4 is 10.6 Å². The molecule has 3 N–H and O–H groups in total. The number of urea groups is 1. The van der Waals surface area contributed by atoms with Crippen LogP contribution in [0.15, 0.2) is 79.0 Å². The van der Waals surface area contributed by atoms with Crippen molar-refractivity contribution in [3.63, 3.8) is 0 Å². The number of piperidine rings is 1. The Morgan fingerprint density at radius 3 is 2.49 bits per heavy atom. The lowest BCUT2D eigenvalue weighted by Crippen LogP contribution is -2.53. The highest BCUT2D eigenvalue weighted by atomic mass is 19.1. The molecule has 1 fully saturated rings. The minimum Gasteiger partial charge on any atom is -0.361 e. The number of aromatic nitrogens is 1. The van der Waals surface area contributed by atoms with Crippen molar-refractivity contribution in [2.75, 3.05) is 32.5 Å². The molecule has 4 aromatic rings. The van der Waals surface area contributed by atoms with E-state index >= 15 is 0 Å². The average molecular weight is 556 g/mol. The van der Waals surface area contributed by atoms with Crippen LogP contribution in [0.1, 0.15) is 48.3 Å². The summed E-state index contributed by atoms with van der Waals surface area (Å²) in [6.45, 7) is 3.86. The van der Waals surface area contributed by atoms with E-state index in [1.165, 1.54) is 12.1 Å². The van der Waals surface area contributed by atoms with E-state index in [9.17, 15) is 14.0 Å². The molecule has 3 amide bonds. The molecule has 1 aliphatic rings. The van der Waals surface area contributed by atoms with Crippen LogP contribution in [0.5, 0.6) is 0 Å². The summed E-state index contributed by atoms with van der Waals surface area (Å²) in [4.78, 5) is 34.5. The quantitative estimate of drug-likeness (QED) is 0.247. The number of nitrogens with zero attached hydrogens (tertiary/aromatic N) is 2. The predicted octanol–water partition coefficient (Wildman–Crippen LogP) is 6.07. The molecule has 0 bridgehead atoms. The first-order valence-electron chi connectivity index (χ1n) is 14.2. The first-order chi connectivity index (χ1) is 19.8. The highest BCUT2D eigenvalue weighted by molar-refractivity contribution is 5.98. The van der Waals surface area contributed by atoms with Gasteiger partial charge in [0, 0.05) is 48.3 Å². The van der Waals surface area contributed by atoms with E-state index in [1.807, 2.05) is 87.9 Å². The minimum atomic E-state index is -0.797. The zero-order chi connectivity index (χ0) is 28.9. The summed E-state index contributed by atoms with van der Waals surface area (Å²) in [5, 5.41) is 7.16. The van der Waals surface area contributed by atoms with Gasteiger partial charge in [-0.05, 0) is 79.9 Å². The molecule has 2 atom stereocenters. The van der Waals surface area contributed by atoms with E-state index in [-0.39, 0.29) is 29.6 Å². The number of para-hydroxylation sites is 1. The fourth-order valence-electron chi connectivity index (χ4n) is 5.78. The van der Waals surface area contributed by atoms with Gasteiger partial charge in [0.05, 0.1) is 0 Å². The number of likely N-dealkylation sites (tertiary alicyclic amines) is 1. The molecule has 3 aromatic carbocycles. The summed E-state index contributed by atoms with van der Waals surface area (Å²) in [6.07, 6.45) is 3.49. The first-order valence-corrected chi connectivity index (χ1v) is 14.2. The Kier molecular flexibility index (Phi) is 8.69. The van der Waals surface area contributed by atoms with Gasteiger partial charge in [0.1, 0.15) is 11.9 Å². The molecule has 2 unspecified atom stereocenters. The van der Waals surface area contributed by atoms with E-state index < -0.39 is 6.04 Å². The average Bonchev–Trinajstić information content (AvgIpc) is 3.40. The van der Waals surface area contributed by atoms with Crippen molar-refractivity contribution in [3.05, 3.63) is 102 Å². The third kappa shape index (κ3) is 6.77. The SMILES string of the molecule is CC(c1c[nH]c2ccccc12)C(NC(=O)N1CCC(c2ccc(F)cc2)CC1)C(=O)Nc1cccc(CN(C)C)c1. The number of fused-ring (bicyclic) bond motifs is 1. The summed E-state index contributed by atoms with van der Waals surface area (Å²) in [6, 6.07) is 21.3. The number of benzene rings is 3. The maximum atomic E-state index is 13.8. The minimum absolute atomic E-state index is 0.247. The second-order valence-corrected chi connectivity index (χ2v) is 11.2. The molecule has 0 radical (unpaired) electrons. The van der Waals surface area contributed by atoms with Crippen LogP contribution in [0.3, 0.4) is 0 Å². The van der Waals surface area contributed by atoms with E-state index in [1.54, 1.807) is 4.90 Å². The molecule has 1 aromatic heterocycles. The number of nitrogens with one attached hydrogen (secondary N) is 3.